The summed E-state index contributed by atoms with van der Waals surface area (Å²) >= 11 is 0. The molecule has 1 saturated heterocycles. The van der Waals surface area contributed by atoms with Gasteiger partial charge in [-0.15, -0.1) is 0 Å². The van der Waals surface area contributed by atoms with Crippen LogP contribution in [0.5, 0.6) is 0 Å². The van der Waals surface area contributed by atoms with Gasteiger partial charge in [0.1, 0.15) is 5.82 Å². The fraction of sp³-hybridized carbons (Fsp3) is 0.333. The van der Waals surface area contributed by atoms with Gasteiger partial charge in [-0.25, -0.2) is 13.1 Å². The third-order valence-corrected chi connectivity index (χ3v) is 7.59. The number of carbonyl (C=O) groups is 1. The van der Waals surface area contributed by atoms with Crippen LogP contribution >= 0.6 is 0 Å². The second-order valence-electron chi connectivity index (χ2n) is 8.19. The number of hydrogen-bond acceptors (Lipinski definition) is 4. The number of hydrogen-bond donors (Lipinski definition) is 1. The van der Waals surface area contributed by atoms with E-state index < -0.39 is 10.0 Å². The summed E-state index contributed by atoms with van der Waals surface area (Å²) in [6, 6.07) is 16.5. The largest absolute Gasteiger partial charge is 0.311 e. The Bertz CT molecular complexity index is 1160. The Balaban J connectivity index is 1.38. The Kier molecular flexibility index (Phi) is 6.72. The summed E-state index contributed by atoms with van der Waals surface area (Å²) < 4.78 is 28.8. The molecule has 1 aliphatic rings. The van der Waals surface area contributed by atoms with E-state index in [1.807, 2.05) is 31.2 Å². The molecular formula is C24H28N4O3S. The molecule has 0 atom stereocenters. The van der Waals surface area contributed by atoms with E-state index in [0.29, 0.717) is 25.5 Å². The van der Waals surface area contributed by atoms with Crippen molar-refractivity contribution in [2.45, 2.75) is 44.0 Å². The Hall–Kier alpha value is -2.97. The minimum atomic E-state index is -3.47. The summed E-state index contributed by atoms with van der Waals surface area (Å²) in [5.41, 5.74) is 3.04. The highest BCUT2D eigenvalue weighted by Crippen LogP contribution is 2.21. The lowest BCUT2D eigenvalue weighted by Gasteiger charge is -2.25. The fourth-order valence-corrected chi connectivity index (χ4v) is 5.35. The second-order valence-corrected chi connectivity index (χ2v) is 10.1. The van der Waals surface area contributed by atoms with Crippen LogP contribution in [0, 0.1) is 6.92 Å². The van der Waals surface area contributed by atoms with Crippen LogP contribution in [-0.4, -0.2) is 41.5 Å². The first-order chi connectivity index (χ1) is 15.4. The first-order valence-electron chi connectivity index (χ1n) is 10.9. The van der Waals surface area contributed by atoms with Gasteiger partial charge in [-0.3, -0.25) is 4.79 Å². The minimum Gasteiger partial charge on any atom is -0.311 e. The summed E-state index contributed by atoms with van der Waals surface area (Å²) in [4.78, 5) is 12.9. The van der Waals surface area contributed by atoms with Gasteiger partial charge in [0.05, 0.1) is 24.1 Å². The van der Waals surface area contributed by atoms with E-state index in [2.05, 4.69) is 10.4 Å². The van der Waals surface area contributed by atoms with Crippen LogP contribution in [-0.2, 0) is 27.8 Å². The number of aryl methyl sites for hydroxylation is 1. The van der Waals surface area contributed by atoms with Crippen molar-refractivity contribution in [2.24, 2.45) is 0 Å². The van der Waals surface area contributed by atoms with Crippen molar-refractivity contribution in [1.82, 2.24) is 14.1 Å². The molecule has 1 fully saturated rings. The van der Waals surface area contributed by atoms with E-state index in [1.165, 1.54) is 5.56 Å². The Labute approximate surface area is 189 Å². The summed E-state index contributed by atoms with van der Waals surface area (Å²) in [7, 11) is -3.47. The number of nitrogens with zero attached hydrogens (tertiary/aromatic N) is 3. The van der Waals surface area contributed by atoms with Crippen molar-refractivity contribution in [1.29, 1.82) is 0 Å². The molecule has 168 valence electrons. The van der Waals surface area contributed by atoms with Gasteiger partial charge in [-0.2, -0.15) is 9.40 Å². The third-order valence-electron chi connectivity index (χ3n) is 5.68. The summed E-state index contributed by atoms with van der Waals surface area (Å²) in [5.74, 6) is 0.446. The van der Waals surface area contributed by atoms with Crippen LogP contribution in [0.3, 0.4) is 0 Å². The van der Waals surface area contributed by atoms with Gasteiger partial charge in [-0.1, -0.05) is 48.4 Å². The smallest absolute Gasteiger partial charge is 0.243 e. The Morgan fingerprint density at radius 1 is 0.938 bits per heavy atom. The molecule has 32 heavy (non-hydrogen) atoms. The molecule has 0 radical (unpaired) electrons. The molecule has 0 aliphatic carbocycles. The number of carbonyl (C=O) groups excluding carboxylic acids is 1. The standard InChI is InChI=1S/C24H28N4O3S/c1-19-5-7-21(8-6-19)18-28-23(13-14-25-28)26-24(29)17-20-9-11-22(12-10-20)32(30,31)27-15-3-2-4-16-27/h5-14H,2-4,15-18H2,1H3,(H,26,29). The van der Waals surface area contributed by atoms with Gasteiger partial charge in [-0.05, 0) is 43.0 Å². The molecule has 1 N–H and O–H groups in total. The van der Waals surface area contributed by atoms with E-state index in [1.54, 1.807) is 45.5 Å². The zero-order valence-corrected chi connectivity index (χ0v) is 19.0. The zero-order chi connectivity index (χ0) is 22.6. The lowest BCUT2D eigenvalue weighted by molar-refractivity contribution is -0.115. The van der Waals surface area contributed by atoms with Gasteiger partial charge in [0.25, 0.3) is 0 Å². The maximum Gasteiger partial charge on any atom is 0.243 e. The Morgan fingerprint density at radius 2 is 1.59 bits per heavy atom. The van der Waals surface area contributed by atoms with Crippen LogP contribution in [0.25, 0.3) is 0 Å². The van der Waals surface area contributed by atoms with Crippen LogP contribution in [0.2, 0.25) is 0 Å². The predicted molar refractivity (Wildman–Crippen MR) is 124 cm³/mol. The zero-order valence-electron chi connectivity index (χ0n) is 18.2. The highest BCUT2D eigenvalue weighted by atomic mass is 32.2. The van der Waals surface area contributed by atoms with Crippen LogP contribution in [0.15, 0.2) is 65.7 Å². The molecule has 1 aliphatic heterocycles. The van der Waals surface area contributed by atoms with Crippen molar-refractivity contribution >= 4 is 21.7 Å². The van der Waals surface area contributed by atoms with Gasteiger partial charge >= 0.3 is 0 Å². The summed E-state index contributed by atoms with van der Waals surface area (Å²) in [6.07, 6.45) is 4.68. The molecule has 0 spiro atoms. The average Bonchev–Trinajstić information content (AvgIpc) is 3.22. The predicted octanol–water partition coefficient (Wildman–Crippen LogP) is 3.60. The number of amides is 1. The first kappa shape index (κ1) is 22.2. The number of anilines is 1. The van der Waals surface area contributed by atoms with E-state index in [4.69, 9.17) is 0 Å². The highest BCUT2D eigenvalue weighted by molar-refractivity contribution is 7.89. The molecule has 0 bridgehead atoms. The van der Waals surface area contributed by atoms with Gasteiger partial charge < -0.3 is 5.32 Å². The summed E-state index contributed by atoms with van der Waals surface area (Å²) in [5, 5.41) is 7.21. The van der Waals surface area contributed by atoms with Crippen molar-refractivity contribution < 1.29 is 13.2 Å². The monoisotopic (exact) mass is 452 g/mol. The SMILES string of the molecule is Cc1ccc(Cn2nccc2NC(=O)Cc2ccc(S(=O)(=O)N3CCCCC3)cc2)cc1. The van der Waals surface area contributed by atoms with E-state index >= 15 is 0 Å². The molecule has 8 heteroatoms. The van der Waals surface area contributed by atoms with Crippen molar-refractivity contribution in [3.63, 3.8) is 0 Å². The molecule has 2 aromatic carbocycles. The Morgan fingerprint density at radius 3 is 2.28 bits per heavy atom. The van der Waals surface area contributed by atoms with Crippen molar-refractivity contribution in [3.8, 4) is 0 Å². The molecule has 4 rings (SSSR count). The number of nitrogens with one attached hydrogen (secondary N) is 1. The molecule has 0 unspecified atom stereocenters. The second kappa shape index (κ2) is 9.67. The number of rotatable bonds is 7. The quantitative estimate of drug-likeness (QED) is 0.594. The van der Waals surface area contributed by atoms with Crippen LogP contribution in [0.1, 0.15) is 36.0 Å². The van der Waals surface area contributed by atoms with Crippen LogP contribution < -0.4 is 5.32 Å². The van der Waals surface area contributed by atoms with E-state index in [-0.39, 0.29) is 17.2 Å². The van der Waals surface area contributed by atoms with E-state index in [0.717, 1.165) is 30.4 Å². The summed E-state index contributed by atoms with van der Waals surface area (Å²) in [6.45, 7) is 3.75. The number of sulfonamides is 1. The number of piperidine rings is 1. The molecule has 1 aromatic heterocycles. The fourth-order valence-electron chi connectivity index (χ4n) is 3.84. The molecule has 7 nitrogen and oxygen atoms in total. The van der Waals surface area contributed by atoms with Crippen molar-refractivity contribution in [3.05, 3.63) is 77.5 Å². The van der Waals surface area contributed by atoms with Crippen LogP contribution in [0.4, 0.5) is 5.82 Å². The van der Waals surface area contributed by atoms with Gasteiger partial charge in [0.2, 0.25) is 15.9 Å². The molecule has 1 amide bonds. The van der Waals surface area contributed by atoms with E-state index in [9.17, 15) is 13.2 Å². The molecule has 0 saturated carbocycles. The maximum atomic E-state index is 12.8. The highest BCUT2D eigenvalue weighted by Gasteiger charge is 2.25. The average molecular weight is 453 g/mol. The lowest BCUT2D eigenvalue weighted by Crippen LogP contribution is -2.35. The number of benzene rings is 2. The molecular weight excluding hydrogens is 424 g/mol. The molecule has 2 heterocycles. The lowest BCUT2D eigenvalue weighted by atomic mass is 10.1. The maximum absolute atomic E-state index is 12.8. The first-order valence-corrected chi connectivity index (χ1v) is 12.3. The minimum absolute atomic E-state index is 0.153. The van der Waals surface area contributed by atoms with Gasteiger partial charge in [0, 0.05) is 19.2 Å². The normalized spacial score (nSPS) is 14.9. The van der Waals surface area contributed by atoms with Gasteiger partial charge in [0.15, 0.2) is 0 Å². The third kappa shape index (κ3) is 5.26. The molecule has 3 aromatic rings. The number of aromatic nitrogens is 2. The topological polar surface area (TPSA) is 84.3 Å². The van der Waals surface area contributed by atoms with Crippen molar-refractivity contribution in [2.75, 3.05) is 18.4 Å².